The number of carbonyl (C=O) groups excluding carboxylic acids is 1. The van der Waals surface area contributed by atoms with Crippen LogP contribution in [0.4, 0.5) is 4.79 Å². The molecule has 2 aromatic rings. The van der Waals surface area contributed by atoms with Gasteiger partial charge in [-0.2, -0.15) is 0 Å². The molecule has 0 aliphatic carbocycles. The number of benzene rings is 1. The van der Waals surface area contributed by atoms with E-state index in [9.17, 15) is 4.79 Å². The van der Waals surface area contributed by atoms with Crippen LogP contribution in [0.15, 0.2) is 30.5 Å². The number of terminal acetylenes is 1. The second-order valence-electron chi connectivity index (χ2n) is 5.38. The maximum atomic E-state index is 12.0. The molecule has 0 aliphatic heterocycles. The molecule has 23 heavy (non-hydrogen) atoms. The van der Waals surface area contributed by atoms with E-state index in [-0.39, 0.29) is 0 Å². The molecule has 0 N–H and O–H groups in total. The number of carbonyl (C=O) groups is 1. The Bertz CT molecular complexity index is 737. The van der Waals surface area contributed by atoms with Gasteiger partial charge in [-0.25, -0.2) is 4.79 Å². The highest BCUT2D eigenvalue weighted by Gasteiger charge is 2.14. The summed E-state index contributed by atoms with van der Waals surface area (Å²) >= 11 is 0. The van der Waals surface area contributed by atoms with Gasteiger partial charge in [0.2, 0.25) is 0 Å². The standard InChI is InChI=1S/C18H21N3O2/c1-5-12-20(3)13-14-9-10-16(23-18(22)21(4)6-2)17-15(14)8-7-11-19-17/h1,7-11H,6,12-13H2,2-4H3. The second kappa shape index (κ2) is 7.61. The monoisotopic (exact) mass is 311 g/mol. The first-order chi connectivity index (χ1) is 11.1. The van der Waals surface area contributed by atoms with Crippen molar-refractivity contribution in [2.75, 3.05) is 27.2 Å². The van der Waals surface area contributed by atoms with Crippen molar-refractivity contribution in [2.24, 2.45) is 0 Å². The second-order valence-corrected chi connectivity index (χ2v) is 5.38. The van der Waals surface area contributed by atoms with Gasteiger partial charge >= 0.3 is 6.09 Å². The number of fused-ring (bicyclic) bond motifs is 1. The predicted octanol–water partition coefficient (Wildman–Crippen LogP) is 2.75. The Balaban J connectivity index is 2.35. The lowest BCUT2D eigenvalue weighted by atomic mass is 10.1. The maximum Gasteiger partial charge on any atom is 0.415 e. The molecule has 1 aromatic carbocycles. The zero-order valence-corrected chi connectivity index (χ0v) is 13.7. The van der Waals surface area contributed by atoms with Crippen molar-refractivity contribution in [3.05, 3.63) is 36.0 Å². The molecule has 1 amide bonds. The lowest BCUT2D eigenvalue weighted by molar-refractivity contribution is 0.165. The van der Waals surface area contributed by atoms with Crippen LogP contribution in [0.2, 0.25) is 0 Å². The normalized spacial score (nSPS) is 10.6. The van der Waals surface area contributed by atoms with E-state index in [1.54, 1.807) is 19.3 Å². The minimum atomic E-state index is -0.392. The molecule has 120 valence electrons. The van der Waals surface area contributed by atoms with Crippen molar-refractivity contribution in [3.8, 4) is 18.1 Å². The number of rotatable bonds is 5. The Morgan fingerprint density at radius 1 is 1.35 bits per heavy atom. The molecule has 0 fully saturated rings. The van der Waals surface area contributed by atoms with E-state index in [4.69, 9.17) is 11.2 Å². The summed E-state index contributed by atoms with van der Waals surface area (Å²) in [5.41, 5.74) is 1.77. The first-order valence-corrected chi connectivity index (χ1v) is 7.48. The topological polar surface area (TPSA) is 45.7 Å². The summed E-state index contributed by atoms with van der Waals surface area (Å²) in [6.45, 7) is 3.75. The third-order valence-corrected chi connectivity index (χ3v) is 3.61. The van der Waals surface area contributed by atoms with Gasteiger partial charge in [0.15, 0.2) is 5.75 Å². The minimum Gasteiger partial charge on any atom is -0.408 e. The zero-order valence-electron chi connectivity index (χ0n) is 13.7. The Kier molecular flexibility index (Phi) is 5.56. The van der Waals surface area contributed by atoms with E-state index in [1.165, 1.54) is 4.90 Å². The lowest BCUT2D eigenvalue weighted by Gasteiger charge is -2.17. The van der Waals surface area contributed by atoms with Crippen molar-refractivity contribution in [3.63, 3.8) is 0 Å². The van der Waals surface area contributed by atoms with Crippen LogP contribution in [0.25, 0.3) is 10.9 Å². The number of nitrogens with zero attached hydrogens (tertiary/aromatic N) is 3. The molecule has 0 atom stereocenters. The summed E-state index contributed by atoms with van der Waals surface area (Å²) in [4.78, 5) is 19.9. The smallest absolute Gasteiger partial charge is 0.408 e. The molecule has 2 rings (SSSR count). The molecule has 0 unspecified atom stereocenters. The molecular weight excluding hydrogens is 290 g/mol. The molecule has 0 bridgehead atoms. The van der Waals surface area contributed by atoms with Crippen molar-refractivity contribution in [2.45, 2.75) is 13.5 Å². The molecule has 5 nitrogen and oxygen atoms in total. The minimum absolute atomic E-state index is 0.392. The number of amides is 1. The molecule has 0 aliphatic rings. The maximum absolute atomic E-state index is 12.0. The fraction of sp³-hybridized carbons (Fsp3) is 0.333. The molecule has 1 heterocycles. The third kappa shape index (κ3) is 3.99. The van der Waals surface area contributed by atoms with Gasteiger partial charge in [-0.05, 0) is 31.7 Å². The van der Waals surface area contributed by atoms with Crippen molar-refractivity contribution >= 4 is 17.0 Å². The van der Waals surface area contributed by atoms with Crippen LogP contribution in [0.1, 0.15) is 12.5 Å². The highest BCUT2D eigenvalue weighted by molar-refractivity contribution is 5.89. The summed E-state index contributed by atoms with van der Waals surface area (Å²) in [5.74, 6) is 3.09. The molecule has 5 heteroatoms. The molecule has 0 saturated heterocycles. The largest absolute Gasteiger partial charge is 0.415 e. The first-order valence-electron chi connectivity index (χ1n) is 7.48. The van der Waals surface area contributed by atoms with E-state index < -0.39 is 6.09 Å². The van der Waals surface area contributed by atoms with Crippen LogP contribution < -0.4 is 4.74 Å². The Hall–Kier alpha value is -2.58. The highest BCUT2D eigenvalue weighted by atomic mass is 16.6. The van der Waals surface area contributed by atoms with Crippen LogP contribution in [0.3, 0.4) is 0 Å². The van der Waals surface area contributed by atoms with Crippen LogP contribution >= 0.6 is 0 Å². The van der Waals surface area contributed by atoms with Gasteiger partial charge in [-0.1, -0.05) is 18.1 Å². The summed E-state index contributed by atoms with van der Waals surface area (Å²) in [7, 11) is 3.66. The Labute approximate surface area is 136 Å². The predicted molar refractivity (Wildman–Crippen MR) is 91.2 cm³/mol. The van der Waals surface area contributed by atoms with Crippen LogP contribution in [-0.4, -0.2) is 48.1 Å². The van der Waals surface area contributed by atoms with E-state index in [0.29, 0.717) is 30.9 Å². The third-order valence-electron chi connectivity index (χ3n) is 3.61. The highest BCUT2D eigenvalue weighted by Crippen LogP contribution is 2.27. The van der Waals surface area contributed by atoms with Gasteiger partial charge in [0, 0.05) is 31.7 Å². The summed E-state index contributed by atoms with van der Waals surface area (Å²) in [6.07, 6.45) is 6.65. The summed E-state index contributed by atoms with van der Waals surface area (Å²) < 4.78 is 5.47. The summed E-state index contributed by atoms with van der Waals surface area (Å²) in [6, 6.07) is 7.58. The zero-order chi connectivity index (χ0) is 16.8. The molecule has 0 saturated carbocycles. The lowest BCUT2D eigenvalue weighted by Crippen LogP contribution is -2.29. The fourth-order valence-electron chi connectivity index (χ4n) is 2.23. The van der Waals surface area contributed by atoms with E-state index >= 15 is 0 Å². The van der Waals surface area contributed by atoms with Gasteiger partial charge in [-0.15, -0.1) is 6.42 Å². The van der Waals surface area contributed by atoms with Gasteiger partial charge in [0.25, 0.3) is 0 Å². The fourth-order valence-corrected chi connectivity index (χ4v) is 2.23. The SMILES string of the molecule is C#CCN(C)Cc1ccc(OC(=O)N(C)CC)c2ncccc12. The van der Waals surface area contributed by atoms with Crippen LogP contribution in [-0.2, 0) is 6.54 Å². The number of pyridine rings is 1. The average molecular weight is 311 g/mol. The number of hydrogen-bond donors (Lipinski definition) is 0. The Morgan fingerprint density at radius 3 is 2.83 bits per heavy atom. The van der Waals surface area contributed by atoms with E-state index in [1.807, 2.05) is 37.1 Å². The first kappa shape index (κ1) is 16.8. The summed E-state index contributed by atoms with van der Waals surface area (Å²) in [5, 5.41) is 0.959. The Morgan fingerprint density at radius 2 is 2.13 bits per heavy atom. The van der Waals surface area contributed by atoms with Gasteiger partial charge in [-0.3, -0.25) is 9.88 Å². The van der Waals surface area contributed by atoms with Crippen molar-refractivity contribution < 1.29 is 9.53 Å². The quantitative estimate of drug-likeness (QED) is 0.797. The van der Waals surface area contributed by atoms with Gasteiger partial charge < -0.3 is 9.64 Å². The van der Waals surface area contributed by atoms with Gasteiger partial charge in [0.05, 0.1) is 6.54 Å². The van der Waals surface area contributed by atoms with Crippen LogP contribution in [0.5, 0.6) is 5.75 Å². The molecule has 0 radical (unpaired) electrons. The number of ether oxygens (including phenoxy) is 1. The van der Waals surface area contributed by atoms with Crippen molar-refractivity contribution in [1.29, 1.82) is 0 Å². The van der Waals surface area contributed by atoms with E-state index in [2.05, 4.69) is 10.9 Å². The number of aromatic nitrogens is 1. The molecule has 0 spiro atoms. The van der Waals surface area contributed by atoms with Crippen LogP contribution in [0, 0.1) is 12.3 Å². The van der Waals surface area contributed by atoms with E-state index in [0.717, 1.165) is 10.9 Å². The average Bonchev–Trinajstić information content (AvgIpc) is 2.56. The molecule has 1 aromatic heterocycles. The molecular formula is C18H21N3O2. The van der Waals surface area contributed by atoms with Gasteiger partial charge in [0.1, 0.15) is 5.52 Å². The van der Waals surface area contributed by atoms with Crippen molar-refractivity contribution in [1.82, 2.24) is 14.8 Å². The number of hydrogen-bond acceptors (Lipinski definition) is 4.